The van der Waals surface area contributed by atoms with Crippen molar-refractivity contribution in [3.63, 3.8) is 0 Å². The van der Waals surface area contributed by atoms with Crippen LogP contribution in [0.15, 0.2) is 36.7 Å². The average molecular weight is 372 g/mol. The summed E-state index contributed by atoms with van der Waals surface area (Å²) < 4.78 is 5.47. The van der Waals surface area contributed by atoms with Crippen LogP contribution in [0.3, 0.4) is 0 Å². The quantitative estimate of drug-likeness (QED) is 0.758. The van der Waals surface area contributed by atoms with Crippen LogP contribution in [0.5, 0.6) is 0 Å². The van der Waals surface area contributed by atoms with Crippen molar-refractivity contribution in [1.29, 1.82) is 0 Å². The molecule has 26 heavy (non-hydrogen) atoms. The number of pyridine rings is 1. The van der Waals surface area contributed by atoms with Crippen LogP contribution in [-0.4, -0.2) is 53.0 Å². The number of methoxy groups -OCH3 is 1. The molecule has 4 rings (SSSR count). The Balaban J connectivity index is 1.40. The lowest BCUT2D eigenvalue weighted by atomic mass is 9.86. The first-order valence-electron chi connectivity index (χ1n) is 9.20. The van der Waals surface area contributed by atoms with E-state index in [9.17, 15) is 4.79 Å². The van der Waals surface area contributed by atoms with E-state index in [1.807, 2.05) is 23.5 Å². The van der Waals surface area contributed by atoms with Crippen LogP contribution in [0, 0.1) is 6.92 Å². The minimum Gasteiger partial charge on any atom is -0.369 e. The highest BCUT2D eigenvalue weighted by atomic mass is 32.1. The van der Waals surface area contributed by atoms with Gasteiger partial charge in [-0.1, -0.05) is 0 Å². The molecule has 0 aromatic carbocycles. The highest BCUT2D eigenvalue weighted by molar-refractivity contribution is 7.11. The second-order valence-electron chi connectivity index (χ2n) is 7.15. The number of aryl methyl sites for hydroxylation is 1. The van der Waals surface area contributed by atoms with Crippen molar-refractivity contribution < 1.29 is 9.53 Å². The maximum Gasteiger partial charge on any atom is 0.255 e. The van der Waals surface area contributed by atoms with Gasteiger partial charge in [-0.2, -0.15) is 0 Å². The molecule has 0 bridgehead atoms. The molecule has 5 nitrogen and oxygen atoms in total. The number of aromatic nitrogens is 1. The average Bonchev–Trinajstić information content (AvgIpc) is 3.07. The van der Waals surface area contributed by atoms with Gasteiger partial charge in [-0.25, -0.2) is 0 Å². The number of piperidine rings is 1. The van der Waals surface area contributed by atoms with Crippen LogP contribution in [0.2, 0.25) is 0 Å². The van der Waals surface area contributed by atoms with Crippen LogP contribution >= 0.6 is 11.3 Å². The van der Waals surface area contributed by atoms with E-state index in [-0.39, 0.29) is 18.1 Å². The molecule has 6 heteroatoms. The summed E-state index contributed by atoms with van der Waals surface area (Å²) in [5.41, 5.74) is 1.11. The highest BCUT2D eigenvalue weighted by Gasteiger charge is 2.51. The second kappa shape index (κ2) is 7.47. The van der Waals surface area contributed by atoms with Gasteiger partial charge >= 0.3 is 0 Å². The summed E-state index contributed by atoms with van der Waals surface area (Å²) in [6.45, 7) is 5.24. The third-order valence-electron chi connectivity index (χ3n) is 5.51. The molecule has 4 heterocycles. The summed E-state index contributed by atoms with van der Waals surface area (Å²) in [5, 5.41) is 0. The minimum absolute atomic E-state index is 0.0204. The van der Waals surface area contributed by atoms with E-state index in [4.69, 9.17) is 4.74 Å². The summed E-state index contributed by atoms with van der Waals surface area (Å²) in [7, 11) is 1.62. The predicted molar refractivity (Wildman–Crippen MR) is 102 cm³/mol. The van der Waals surface area contributed by atoms with Gasteiger partial charge in [0.1, 0.15) is 0 Å². The molecule has 0 aliphatic carbocycles. The van der Waals surface area contributed by atoms with E-state index in [0.29, 0.717) is 6.04 Å². The normalized spacial score (nSPS) is 24.7. The van der Waals surface area contributed by atoms with E-state index < -0.39 is 0 Å². The van der Waals surface area contributed by atoms with Gasteiger partial charge in [0.05, 0.1) is 6.04 Å². The lowest BCUT2D eigenvalue weighted by molar-refractivity contribution is -0.178. The standard InChI is InChI=1S/C20H25N3O2S/c1-14-3-4-17(26-14)13-22-11-7-16(8-12-22)23-18(19(25-2)20(23)24)15-5-9-21-10-6-15/h3-6,9-10,16,18-19H,7-8,11-13H2,1-2H3/t18-,19+/m0/s1. The van der Waals surface area contributed by atoms with Gasteiger partial charge in [0, 0.05) is 54.9 Å². The number of nitrogens with zero attached hydrogens (tertiary/aromatic N) is 3. The predicted octanol–water partition coefficient (Wildman–Crippen LogP) is 3.01. The first-order chi connectivity index (χ1) is 12.7. The molecule has 0 spiro atoms. The van der Waals surface area contributed by atoms with Crippen LogP contribution in [0.1, 0.15) is 34.2 Å². The molecule has 2 aliphatic rings. The van der Waals surface area contributed by atoms with E-state index in [0.717, 1.165) is 38.0 Å². The van der Waals surface area contributed by atoms with E-state index in [1.54, 1.807) is 19.5 Å². The Morgan fingerprint density at radius 3 is 2.54 bits per heavy atom. The fourth-order valence-corrected chi connectivity index (χ4v) is 5.09. The van der Waals surface area contributed by atoms with E-state index >= 15 is 0 Å². The zero-order valence-electron chi connectivity index (χ0n) is 15.3. The fraction of sp³-hybridized carbons (Fsp3) is 0.500. The number of ether oxygens (including phenoxy) is 1. The Morgan fingerprint density at radius 2 is 1.92 bits per heavy atom. The summed E-state index contributed by atoms with van der Waals surface area (Å²) in [4.78, 5) is 24.1. The minimum atomic E-state index is -0.357. The van der Waals surface area contributed by atoms with E-state index in [2.05, 4.69) is 33.8 Å². The first kappa shape index (κ1) is 17.6. The highest BCUT2D eigenvalue weighted by Crippen LogP contribution is 2.40. The molecule has 2 aromatic heterocycles. The Kier molecular flexibility index (Phi) is 5.07. The number of carbonyl (C=O) groups is 1. The zero-order chi connectivity index (χ0) is 18.1. The van der Waals surface area contributed by atoms with Crippen molar-refractivity contribution in [3.8, 4) is 0 Å². The fourth-order valence-electron chi connectivity index (χ4n) is 4.16. The number of hydrogen-bond donors (Lipinski definition) is 0. The molecule has 0 unspecified atom stereocenters. The van der Waals surface area contributed by atoms with Gasteiger partial charge in [-0.05, 0) is 49.6 Å². The van der Waals surface area contributed by atoms with Crippen molar-refractivity contribution >= 4 is 17.2 Å². The Bertz CT molecular complexity index is 755. The van der Waals surface area contributed by atoms with Gasteiger partial charge in [-0.3, -0.25) is 14.7 Å². The van der Waals surface area contributed by atoms with Gasteiger partial charge in [0.25, 0.3) is 5.91 Å². The van der Waals surface area contributed by atoms with Crippen molar-refractivity contribution in [3.05, 3.63) is 52.0 Å². The Hall–Kier alpha value is -1.76. The van der Waals surface area contributed by atoms with Gasteiger partial charge in [0.2, 0.25) is 0 Å². The molecule has 0 saturated carbocycles. The Morgan fingerprint density at radius 1 is 1.19 bits per heavy atom. The van der Waals surface area contributed by atoms with Crippen LogP contribution in [0.4, 0.5) is 0 Å². The number of thiophene rings is 1. The number of rotatable bonds is 5. The maximum atomic E-state index is 12.6. The van der Waals surface area contributed by atoms with E-state index in [1.165, 1.54) is 9.75 Å². The molecular formula is C20H25N3O2S. The zero-order valence-corrected chi connectivity index (χ0v) is 16.1. The molecule has 1 amide bonds. The maximum absolute atomic E-state index is 12.6. The van der Waals surface area contributed by atoms with Crippen LogP contribution < -0.4 is 0 Å². The molecule has 2 aromatic rings. The molecule has 2 atom stereocenters. The van der Waals surface area contributed by atoms with Crippen molar-refractivity contribution in [2.45, 2.75) is 44.5 Å². The molecule has 0 N–H and O–H groups in total. The summed E-state index contributed by atoms with van der Waals surface area (Å²) in [5.74, 6) is 0.127. The third-order valence-corrected chi connectivity index (χ3v) is 6.50. The topological polar surface area (TPSA) is 45.7 Å². The molecule has 138 valence electrons. The van der Waals surface area contributed by atoms with Crippen LogP contribution in [-0.2, 0) is 16.1 Å². The lowest BCUT2D eigenvalue weighted by Gasteiger charge is -2.52. The number of likely N-dealkylation sites (tertiary alicyclic amines) is 2. The molecule has 2 aliphatic heterocycles. The molecule has 2 saturated heterocycles. The SMILES string of the molecule is CO[C@H]1C(=O)N(C2CCN(Cc3ccc(C)s3)CC2)[C@H]1c1ccncc1. The van der Waals surface area contributed by atoms with Crippen molar-refractivity contribution in [1.82, 2.24) is 14.8 Å². The summed E-state index contributed by atoms with van der Waals surface area (Å²) >= 11 is 1.88. The van der Waals surface area contributed by atoms with Crippen LogP contribution in [0.25, 0.3) is 0 Å². The number of hydrogen-bond acceptors (Lipinski definition) is 5. The second-order valence-corrected chi connectivity index (χ2v) is 8.52. The van der Waals surface area contributed by atoms with Gasteiger partial charge in [0.15, 0.2) is 6.10 Å². The summed E-state index contributed by atoms with van der Waals surface area (Å²) in [6, 6.07) is 8.72. The van der Waals surface area contributed by atoms with Gasteiger partial charge < -0.3 is 9.64 Å². The van der Waals surface area contributed by atoms with Crippen molar-refractivity contribution in [2.75, 3.05) is 20.2 Å². The molecule has 2 fully saturated rings. The Labute approximate surface area is 158 Å². The first-order valence-corrected chi connectivity index (χ1v) is 10.0. The lowest BCUT2D eigenvalue weighted by Crippen LogP contribution is -2.64. The number of carbonyl (C=O) groups excluding carboxylic acids is 1. The summed E-state index contributed by atoms with van der Waals surface area (Å²) in [6.07, 6.45) is 5.26. The monoisotopic (exact) mass is 371 g/mol. The molecule has 0 radical (unpaired) electrons. The third kappa shape index (κ3) is 3.29. The number of amides is 1. The van der Waals surface area contributed by atoms with Crippen molar-refractivity contribution in [2.24, 2.45) is 0 Å². The number of β-lactam (4-membered cyclic amide) rings is 1. The largest absolute Gasteiger partial charge is 0.369 e. The molecular weight excluding hydrogens is 346 g/mol. The van der Waals surface area contributed by atoms with Gasteiger partial charge in [-0.15, -0.1) is 11.3 Å². The smallest absolute Gasteiger partial charge is 0.255 e.